The Bertz CT molecular complexity index is 635. The number of nitrogens with zero attached hydrogens (tertiary/aromatic N) is 2. The van der Waals surface area contributed by atoms with E-state index in [0.29, 0.717) is 13.1 Å². The van der Waals surface area contributed by atoms with Crippen LogP contribution in [0.15, 0.2) is 28.2 Å². The smallest absolute Gasteiger partial charge is 0.314 e. The van der Waals surface area contributed by atoms with E-state index < -0.39 is 0 Å². The van der Waals surface area contributed by atoms with Crippen molar-refractivity contribution in [3.05, 3.63) is 40.2 Å². The predicted molar refractivity (Wildman–Crippen MR) is 94.2 cm³/mol. The normalized spacial score (nSPS) is 16.2. The van der Waals surface area contributed by atoms with Gasteiger partial charge in [0.15, 0.2) is 0 Å². The van der Waals surface area contributed by atoms with Crippen LogP contribution in [0.3, 0.4) is 0 Å². The van der Waals surface area contributed by atoms with E-state index in [0.717, 1.165) is 36.0 Å². The number of rotatable bonds is 7. The zero-order chi connectivity index (χ0) is 16.8. The number of hydrogen-bond donors (Lipinski definition) is 2. The van der Waals surface area contributed by atoms with Crippen LogP contribution >= 0.6 is 11.3 Å². The average molecular weight is 348 g/mol. The molecule has 0 radical (unpaired) electrons. The molecule has 7 heteroatoms. The molecule has 0 saturated carbocycles. The van der Waals surface area contributed by atoms with Crippen molar-refractivity contribution in [3.8, 4) is 0 Å². The number of furan rings is 1. The average Bonchev–Trinajstić information content (AvgIpc) is 3.30. The molecule has 3 heterocycles. The van der Waals surface area contributed by atoms with Crippen LogP contribution < -0.4 is 10.6 Å². The second-order valence-corrected chi connectivity index (χ2v) is 7.08. The number of aryl methyl sites for hydroxylation is 1. The van der Waals surface area contributed by atoms with E-state index in [-0.39, 0.29) is 12.1 Å². The Morgan fingerprint density at radius 1 is 1.42 bits per heavy atom. The number of aromatic nitrogens is 1. The largest absolute Gasteiger partial charge is 0.468 e. The maximum absolute atomic E-state index is 12.0. The lowest BCUT2D eigenvalue weighted by Crippen LogP contribution is -2.42. The minimum Gasteiger partial charge on any atom is -0.468 e. The highest BCUT2D eigenvalue weighted by Crippen LogP contribution is 2.24. The Morgan fingerprint density at radius 2 is 2.25 bits per heavy atom. The van der Waals surface area contributed by atoms with Crippen LogP contribution in [0.25, 0.3) is 0 Å². The molecule has 1 fully saturated rings. The first kappa shape index (κ1) is 17.0. The number of carbonyl (C=O) groups is 1. The van der Waals surface area contributed by atoms with Gasteiger partial charge in [0, 0.05) is 24.9 Å². The van der Waals surface area contributed by atoms with Crippen molar-refractivity contribution in [2.24, 2.45) is 0 Å². The summed E-state index contributed by atoms with van der Waals surface area (Å²) in [7, 11) is 0. The van der Waals surface area contributed by atoms with Gasteiger partial charge in [-0.1, -0.05) is 0 Å². The van der Waals surface area contributed by atoms with E-state index in [1.54, 1.807) is 17.6 Å². The molecule has 1 aliphatic heterocycles. The van der Waals surface area contributed by atoms with Crippen molar-refractivity contribution >= 4 is 17.4 Å². The molecule has 2 aromatic heterocycles. The first-order chi connectivity index (χ1) is 11.7. The van der Waals surface area contributed by atoms with Gasteiger partial charge >= 0.3 is 6.03 Å². The van der Waals surface area contributed by atoms with Crippen molar-refractivity contribution in [3.63, 3.8) is 0 Å². The molecular weight excluding hydrogens is 324 g/mol. The molecule has 1 unspecified atom stereocenters. The third-order valence-corrected chi connectivity index (χ3v) is 5.06. The fourth-order valence-electron chi connectivity index (χ4n) is 3.02. The summed E-state index contributed by atoms with van der Waals surface area (Å²) in [5.41, 5.74) is 1.03. The Balaban J connectivity index is 1.44. The van der Waals surface area contributed by atoms with Crippen LogP contribution in [0.4, 0.5) is 4.79 Å². The predicted octanol–water partition coefficient (Wildman–Crippen LogP) is 2.72. The number of urea groups is 1. The first-order valence-corrected chi connectivity index (χ1v) is 9.30. The fourth-order valence-corrected chi connectivity index (χ4v) is 3.67. The second kappa shape index (κ2) is 8.30. The number of amides is 2. The number of thiazole rings is 1. The van der Waals surface area contributed by atoms with Crippen molar-refractivity contribution in [1.29, 1.82) is 0 Å². The molecule has 2 amide bonds. The summed E-state index contributed by atoms with van der Waals surface area (Å²) in [6.07, 6.45) is 4.85. The zero-order valence-electron chi connectivity index (χ0n) is 14.0. The Labute approximate surface area is 146 Å². The summed E-state index contributed by atoms with van der Waals surface area (Å²) in [6, 6.07) is 3.84. The van der Waals surface area contributed by atoms with Gasteiger partial charge in [-0.25, -0.2) is 9.78 Å². The lowest BCUT2D eigenvalue weighted by molar-refractivity contribution is 0.203. The van der Waals surface area contributed by atoms with Gasteiger partial charge in [0.2, 0.25) is 0 Å². The molecule has 0 aromatic carbocycles. The quantitative estimate of drug-likeness (QED) is 0.807. The van der Waals surface area contributed by atoms with Gasteiger partial charge in [-0.05, 0) is 45.0 Å². The molecule has 0 aliphatic carbocycles. The number of likely N-dealkylation sites (tertiary alicyclic amines) is 1. The summed E-state index contributed by atoms with van der Waals surface area (Å²) >= 11 is 1.63. The summed E-state index contributed by atoms with van der Waals surface area (Å²) in [6.45, 7) is 5.23. The molecule has 130 valence electrons. The number of carbonyl (C=O) groups excluding carboxylic acids is 1. The van der Waals surface area contributed by atoms with Crippen molar-refractivity contribution in [1.82, 2.24) is 20.5 Å². The van der Waals surface area contributed by atoms with Crippen LogP contribution in [0.1, 0.15) is 35.3 Å². The molecule has 2 N–H and O–H groups in total. The van der Waals surface area contributed by atoms with Crippen molar-refractivity contribution in [2.45, 2.75) is 32.2 Å². The van der Waals surface area contributed by atoms with Crippen LogP contribution in [0.2, 0.25) is 0 Å². The molecule has 1 atom stereocenters. The molecule has 3 rings (SSSR count). The van der Waals surface area contributed by atoms with Gasteiger partial charge in [-0.15, -0.1) is 11.3 Å². The summed E-state index contributed by atoms with van der Waals surface area (Å²) in [5, 5.41) is 8.96. The molecule has 24 heavy (non-hydrogen) atoms. The van der Waals surface area contributed by atoms with Crippen LogP contribution in [-0.4, -0.2) is 42.1 Å². The second-order valence-electron chi connectivity index (χ2n) is 6.02. The third kappa shape index (κ3) is 4.58. The monoisotopic (exact) mass is 348 g/mol. The van der Waals surface area contributed by atoms with Crippen molar-refractivity contribution in [2.75, 3.05) is 26.2 Å². The molecule has 2 aromatic rings. The maximum Gasteiger partial charge on any atom is 0.314 e. The van der Waals surface area contributed by atoms with Crippen LogP contribution in [0, 0.1) is 6.92 Å². The Kier molecular flexibility index (Phi) is 5.87. The fraction of sp³-hybridized carbons (Fsp3) is 0.529. The van der Waals surface area contributed by atoms with Gasteiger partial charge in [0.05, 0.1) is 23.0 Å². The van der Waals surface area contributed by atoms with E-state index in [1.165, 1.54) is 12.8 Å². The van der Waals surface area contributed by atoms with E-state index in [4.69, 9.17) is 4.42 Å². The molecule has 0 bridgehead atoms. The third-order valence-electron chi connectivity index (χ3n) is 4.24. The minimum atomic E-state index is -0.141. The summed E-state index contributed by atoms with van der Waals surface area (Å²) in [5.74, 6) is 0.912. The lowest BCUT2D eigenvalue weighted by Gasteiger charge is -2.26. The zero-order valence-corrected chi connectivity index (χ0v) is 14.8. The van der Waals surface area contributed by atoms with E-state index in [9.17, 15) is 4.79 Å². The highest BCUT2D eigenvalue weighted by Gasteiger charge is 2.25. The minimum absolute atomic E-state index is 0.106. The first-order valence-electron chi connectivity index (χ1n) is 8.42. The Morgan fingerprint density at radius 3 is 2.92 bits per heavy atom. The van der Waals surface area contributed by atoms with Gasteiger partial charge in [-0.2, -0.15) is 0 Å². The molecule has 0 spiro atoms. The molecule has 1 aliphatic rings. The van der Waals surface area contributed by atoms with Crippen molar-refractivity contribution < 1.29 is 9.21 Å². The maximum atomic E-state index is 12.0. The van der Waals surface area contributed by atoms with Crippen LogP contribution in [0.5, 0.6) is 0 Å². The Hall–Kier alpha value is -1.86. The lowest BCUT2D eigenvalue weighted by atomic mass is 10.2. The molecule has 1 saturated heterocycles. The summed E-state index contributed by atoms with van der Waals surface area (Å²) < 4.78 is 5.56. The highest BCUT2D eigenvalue weighted by molar-refractivity contribution is 7.09. The van der Waals surface area contributed by atoms with E-state index >= 15 is 0 Å². The number of hydrogen-bond acceptors (Lipinski definition) is 5. The molecular formula is C17H24N4O2S. The van der Waals surface area contributed by atoms with Gasteiger partial charge in [0.25, 0.3) is 0 Å². The van der Waals surface area contributed by atoms with Gasteiger partial charge in [0.1, 0.15) is 5.76 Å². The van der Waals surface area contributed by atoms with E-state index in [2.05, 4.69) is 20.5 Å². The number of nitrogens with one attached hydrogen (secondary N) is 2. The van der Waals surface area contributed by atoms with Gasteiger partial charge < -0.3 is 15.1 Å². The topological polar surface area (TPSA) is 70.4 Å². The van der Waals surface area contributed by atoms with Gasteiger partial charge in [-0.3, -0.25) is 4.90 Å². The SMILES string of the molecule is Cc1nc(CCNC(=O)NCC(c2ccco2)N2CCCC2)cs1. The standard InChI is InChI=1S/C17H24N4O2S/c1-13-20-14(12-24-13)6-7-18-17(22)19-11-15(16-5-4-10-23-16)21-8-2-3-9-21/h4-5,10,12,15H,2-3,6-9,11H2,1H3,(H2,18,19,22). The van der Waals surface area contributed by atoms with E-state index in [1.807, 2.05) is 24.4 Å². The summed E-state index contributed by atoms with van der Waals surface area (Å²) in [4.78, 5) is 18.8. The van der Waals surface area contributed by atoms with Crippen LogP contribution in [-0.2, 0) is 6.42 Å². The molecule has 6 nitrogen and oxygen atoms in total. The highest BCUT2D eigenvalue weighted by atomic mass is 32.1.